The number of carbonyl (C=O) groups excluding carboxylic acids is 2. The fourth-order valence-corrected chi connectivity index (χ4v) is 3.13. The molecule has 0 unspecified atom stereocenters. The maximum absolute atomic E-state index is 13.1. The van der Waals surface area contributed by atoms with E-state index < -0.39 is 6.04 Å². The highest BCUT2D eigenvalue weighted by atomic mass is 16.2. The van der Waals surface area contributed by atoms with Crippen LogP contribution < -0.4 is 5.32 Å². The topological polar surface area (TPSA) is 49.4 Å². The van der Waals surface area contributed by atoms with Crippen LogP contribution in [-0.4, -0.2) is 29.3 Å². The highest BCUT2D eigenvalue weighted by Gasteiger charge is 2.26. The molecule has 2 amide bonds. The molecule has 0 fully saturated rings. The van der Waals surface area contributed by atoms with Crippen LogP contribution in [0.5, 0.6) is 0 Å². The van der Waals surface area contributed by atoms with Crippen molar-refractivity contribution in [2.45, 2.75) is 59.0 Å². The van der Waals surface area contributed by atoms with E-state index in [9.17, 15) is 9.59 Å². The Labute approximate surface area is 169 Å². The number of amides is 2. The van der Waals surface area contributed by atoms with Gasteiger partial charge in [-0.2, -0.15) is 0 Å². The average Bonchev–Trinajstić information content (AvgIpc) is 2.71. The summed E-state index contributed by atoms with van der Waals surface area (Å²) in [5, 5.41) is 2.96. The molecule has 0 saturated carbocycles. The van der Waals surface area contributed by atoms with Gasteiger partial charge < -0.3 is 10.2 Å². The second kappa shape index (κ2) is 11.3. The minimum absolute atomic E-state index is 0.00486. The average molecular weight is 381 g/mol. The van der Waals surface area contributed by atoms with E-state index in [0.29, 0.717) is 25.9 Å². The number of rotatable bonds is 10. The van der Waals surface area contributed by atoms with Gasteiger partial charge in [-0.1, -0.05) is 67.9 Å². The summed E-state index contributed by atoms with van der Waals surface area (Å²) < 4.78 is 0. The van der Waals surface area contributed by atoms with Crippen molar-refractivity contribution in [3.63, 3.8) is 0 Å². The smallest absolute Gasteiger partial charge is 0.242 e. The van der Waals surface area contributed by atoms with Crippen LogP contribution >= 0.6 is 0 Å². The van der Waals surface area contributed by atoms with Gasteiger partial charge in [0.1, 0.15) is 6.04 Å². The third-order valence-corrected chi connectivity index (χ3v) is 5.07. The van der Waals surface area contributed by atoms with E-state index in [1.54, 1.807) is 4.90 Å². The number of nitrogens with zero attached hydrogens (tertiary/aromatic N) is 1. The third kappa shape index (κ3) is 6.52. The monoisotopic (exact) mass is 380 g/mol. The van der Waals surface area contributed by atoms with Crippen molar-refractivity contribution in [1.29, 1.82) is 0 Å². The normalized spacial score (nSPS) is 11.7. The summed E-state index contributed by atoms with van der Waals surface area (Å²) in [4.78, 5) is 27.4. The number of hydrogen-bond donors (Lipinski definition) is 1. The molecular formula is C24H32N2O2. The van der Waals surface area contributed by atoms with Crippen LogP contribution in [0.3, 0.4) is 0 Å². The molecule has 150 valence electrons. The van der Waals surface area contributed by atoms with Gasteiger partial charge in [-0.25, -0.2) is 0 Å². The Morgan fingerprint density at radius 3 is 2.39 bits per heavy atom. The predicted octanol–water partition coefficient (Wildman–Crippen LogP) is 4.26. The van der Waals surface area contributed by atoms with Crippen LogP contribution in [0.25, 0.3) is 0 Å². The molecule has 2 aromatic rings. The molecule has 2 rings (SSSR count). The molecule has 0 aromatic heterocycles. The summed E-state index contributed by atoms with van der Waals surface area (Å²) in [6.07, 6.45) is 3.03. The van der Waals surface area contributed by atoms with Gasteiger partial charge in [-0.15, -0.1) is 0 Å². The Hall–Kier alpha value is -2.62. The Morgan fingerprint density at radius 2 is 1.71 bits per heavy atom. The van der Waals surface area contributed by atoms with E-state index in [1.807, 2.05) is 68.4 Å². The fraction of sp³-hybridized carbons (Fsp3) is 0.417. The summed E-state index contributed by atoms with van der Waals surface area (Å²) in [7, 11) is 0. The van der Waals surface area contributed by atoms with Gasteiger partial charge in [0.2, 0.25) is 11.8 Å². The van der Waals surface area contributed by atoms with Crippen LogP contribution in [0.15, 0.2) is 54.6 Å². The minimum atomic E-state index is -0.500. The van der Waals surface area contributed by atoms with Crippen LogP contribution in [0, 0.1) is 6.92 Å². The lowest BCUT2D eigenvalue weighted by Crippen LogP contribution is -2.48. The largest absolute Gasteiger partial charge is 0.354 e. The van der Waals surface area contributed by atoms with Gasteiger partial charge in [0.25, 0.3) is 0 Å². The Kier molecular flexibility index (Phi) is 8.73. The van der Waals surface area contributed by atoms with Crippen LogP contribution in [0.1, 0.15) is 49.8 Å². The molecule has 0 aliphatic rings. The van der Waals surface area contributed by atoms with Crippen LogP contribution in [-0.2, 0) is 22.6 Å². The number of unbranched alkanes of at least 4 members (excludes halogenated alkanes) is 1. The van der Waals surface area contributed by atoms with Gasteiger partial charge in [-0.3, -0.25) is 9.59 Å². The van der Waals surface area contributed by atoms with E-state index in [-0.39, 0.29) is 11.8 Å². The number of nitrogens with one attached hydrogen (secondary N) is 1. The molecule has 0 bridgehead atoms. The molecule has 28 heavy (non-hydrogen) atoms. The van der Waals surface area contributed by atoms with Crippen LogP contribution in [0.2, 0.25) is 0 Å². The second-order valence-corrected chi connectivity index (χ2v) is 7.25. The first-order valence-corrected chi connectivity index (χ1v) is 10.2. The van der Waals surface area contributed by atoms with Gasteiger partial charge in [0.05, 0.1) is 0 Å². The maximum atomic E-state index is 13.1. The van der Waals surface area contributed by atoms with Crippen molar-refractivity contribution in [1.82, 2.24) is 10.2 Å². The molecule has 0 heterocycles. The molecule has 1 N–H and O–H groups in total. The van der Waals surface area contributed by atoms with Crippen molar-refractivity contribution < 1.29 is 9.59 Å². The zero-order chi connectivity index (χ0) is 20.4. The van der Waals surface area contributed by atoms with E-state index in [2.05, 4.69) is 12.2 Å². The summed E-state index contributed by atoms with van der Waals surface area (Å²) >= 11 is 0. The molecule has 4 nitrogen and oxygen atoms in total. The minimum Gasteiger partial charge on any atom is -0.354 e. The van der Waals surface area contributed by atoms with Gasteiger partial charge in [-0.05, 0) is 43.4 Å². The molecule has 0 spiro atoms. The van der Waals surface area contributed by atoms with E-state index >= 15 is 0 Å². The SMILES string of the molecule is CCCCNC(=O)[C@H](C)N(Cc1ccccc1C)C(=O)CCc1ccccc1. The maximum Gasteiger partial charge on any atom is 0.242 e. The molecule has 0 saturated heterocycles. The molecular weight excluding hydrogens is 348 g/mol. The molecule has 1 atom stereocenters. The lowest BCUT2D eigenvalue weighted by atomic mass is 10.1. The Bertz CT molecular complexity index is 758. The van der Waals surface area contributed by atoms with E-state index in [1.165, 1.54) is 0 Å². The van der Waals surface area contributed by atoms with Crippen LogP contribution in [0.4, 0.5) is 0 Å². The summed E-state index contributed by atoms with van der Waals surface area (Å²) in [6, 6.07) is 17.5. The Balaban J connectivity index is 2.11. The van der Waals surface area contributed by atoms with Crippen molar-refractivity contribution in [2.75, 3.05) is 6.54 Å². The lowest BCUT2D eigenvalue weighted by molar-refractivity contribution is -0.140. The first kappa shape index (κ1) is 21.7. The fourth-order valence-electron chi connectivity index (χ4n) is 3.13. The standard InChI is InChI=1S/C24H32N2O2/c1-4-5-17-25-24(28)20(3)26(18-22-14-10-9-11-19(22)2)23(27)16-15-21-12-7-6-8-13-21/h6-14,20H,4-5,15-18H2,1-3H3,(H,25,28)/t20-/m0/s1. The number of benzene rings is 2. The van der Waals surface area contributed by atoms with Crippen molar-refractivity contribution >= 4 is 11.8 Å². The van der Waals surface area contributed by atoms with Gasteiger partial charge in [0, 0.05) is 19.5 Å². The van der Waals surface area contributed by atoms with Crippen molar-refractivity contribution in [3.05, 3.63) is 71.3 Å². The number of hydrogen-bond acceptors (Lipinski definition) is 2. The first-order valence-electron chi connectivity index (χ1n) is 10.2. The molecule has 2 aromatic carbocycles. The van der Waals surface area contributed by atoms with Gasteiger partial charge in [0.15, 0.2) is 0 Å². The zero-order valence-electron chi connectivity index (χ0n) is 17.3. The molecule has 0 aliphatic heterocycles. The lowest BCUT2D eigenvalue weighted by Gasteiger charge is -2.29. The van der Waals surface area contributed by atoms with Crippen molar-refractivity contribution in [2.24, 2.45) is 0 Å². The predicted molar refractivity (Wildman–Crippen MR) is 114 cm³/mol. The highest BCUT2D eigenvalue weighted by molar-refractivity contribution is 5.87. The number of aryl methyl sites for hydroxylation is 2. The molecule has 0 aliphatic carbocycles. The van der Waals surface area contributed by atoms with E-state index in [4.69, 9.17) is 0 Å². The summed E-state index contributed by atoms with van der Waals surface area (Å²) in [6.45, 7) is 7.04. The summed E-state index contributed by atoms with van der Waals surface area (Å²) in [5.41, 5.74) is 3.33. The second-order valence-electron chi connectivity index (χ2n) is 7.25. The van der Waals surface area contributed by atoms with Crippen molar-refractivity contribution in [3.8, 4) is 0 Å². The quantitative estimate of drug-likeness (QED) is 0.626. The zero-order valence-corrected chi connectivity index (χ0v) is 17.3. The van der Waals surface area contributed by atoms with Gasteiger partial charge >= 0.3 is 0 Å². The highest BCUT2D eigenvalue weighted by Crippen LogP contribution is 2.15. The third-order valence-electron chi connectivity index (χ3n) is 5.07. The molecule has 4 heteroatoms. The van der Waals surface area contributed by atoms with E-state index in [0.717, 1.165) is 29.5 Å². The molecule has 0 radical (unpaired) electrons. The first-order chi connectivity index (χ1) is 13.5. The number of carbonyl (C=O) groups is 2. The summed E-state index contributed by atoms with van der Waals surface area (Å²) in [5.74, 6) is -0.0830. The Morgan fingerprint density at radius 1 is 1.04 bits per heavy atom.